The van der Waals surface area contributed by atoms with Crippen LogP contribution in [0.2, 0.25) is 0 Å². The number of carboxylic acid groups (broad SMARTS) is 1. The molecule has 1 aliphatic heterocycles. The Bertz CT molecular complexity index is 668. The number of halogens is 1. The summed E-state index contributed by atoms with van der Waals surface area (Å²) < 4.78 is 13.3. The minimum Gasteiger partial charge on any atom is -0.481 e. The summed E-state index contributed by atoms with van der Waals surface area (Å²) in [4.78, 5) is 28.4. The van der Waals surface area contributed by atoms with Crippen molar-refractivity contribution in [3.63, 3.8) is 0 Å². The van der Waals surface area contributed by atoms with Crippen LogP contribution < -0.4 is 5.32 Å². The molecule has 1 unspecified atom stereocenters. The number of oxime groups is 1. The van der Waals surface area contributed by atoms with E-state index in [0.29, 0.717) is 43.4 Å². The average molecular weight is 334 g/mol. The summed E-state index contributed by atoms with van der Waals surface area (Å²) in [6.07, 6.45) is 1.99. The van der Waals surface area contributed by atoms with E-state index in [1.807, 2.05) is 0 Å². The summed E-state index contributed by atoms with van der Waals surface area (Å²) >= 11 is 0. The van der Waals surface area contributed by atoms with Crippen LogP contribution in [0.15, 0.2) is 29.4 Å². The molecule has 1 aromatic rings. The quantitative estimate of drug-likeness (QED) is 0.882. The number of aliphatic carboxylic acids is 1. The highest BCUT2D eigenvalue weighted by molar-refractivity contribution is 6.04. The normalized spacial score (nSPS) is 26.4. The zero-order chi connectivity index (χ0) is 17.1. The second-order valence-corrected chi connectivity index (χ2v) is 6.24. The van der Waals surface area contributed by atoms with Crippen molar-refractivity contribution in [3.8, 4) is 0 Å². The van der Waals surface area contributed by atoms with Gasteiger partial charge in [-0.1, -0.05) is 17.3 Å². The van der Waals surface area contributed by atoms with Gasteiger partial charge in [-0.2, -0.15) is 0 Å². The highest BCUT2D eigenvalue weighted by Crippen LogP contribution is 2.25. The summed E-state index contributed by atoms with van der Waals surface area (Å²) in [5.74, 6) is -1.71. The molecule has 1 atom stereocenters. The lowest BCUT2D eigenvalue weighted by atomic mass is 9.86. The van der Waals surface area contributed by atoms with Gasteiger partial charge in [0.25, 0.3) is 5.91 Å². The molecule has 7 heteroatoms. The molecule has 128 valence electrons. The first-order valence-corrected chi connectivity index (χ1v) is 8.04. The molecular weight excluding hydrogens is 315 g/mol. The van der Waals surface area contributed by atoms with Gasteiger partial charge in [0.2, 0.25) is 6.10 Å². The number of rotatable bonds is 4. The van der Waals surface area contributed by atoms with Gasteiger partial charge in [-0.25, -0.2) is 4.39 Å². The first-order chi connectivity index (χ1) is 11.5. The summed E-state index contributed by atoms with van der Waals surface area (Å²) in [5, 5.41) is 15.8. The highest BCUT2D eigenvalue weighted by atomic mass is 19.1. The predicted octanol–water partition coefficient (Wildman–Crippen LogP) is 2.08. The summed E-state index contributed by atoms with van der Waals surface area (Å²) in [5.41, 5.74) is 1.15. The van der Waals surface area contributed by atoms with E-state index in [1.54, 1.807) is 12.1 Å². The van der Waals surface area contributed by atoms with Crippen molar-refractivity contribution in [2.75, 3.05) is 0 Å². The maximum atomic E-state index is 13.3. The Hall–Kier alpha value is -2.44. The van der Waals surface area contributed by atoms with Gasteiger partial charge in [-0.05, 0) is 37.8 Å². The van der Waals surface area contributed by atoms with E-state index in [2.05, 4.69) is 10.5 Å². The van der Waals surface area contributed by atoms with Crippen molar-refractivity contribution in [1.82, 2.24) is 5.32 Å². The summed E-state index contributed by atoms with van der Waals surface area (Å²) in [6, 6.07) is 5.97. The molecule has 6 nitrogen and oxygen atoms in total. The molecule has 1 fully saturated rings. The van der Waals surface area contributed by atoms with E-state index < -0.39 is 12.1 Å². The van der Waals surface area contributed by atoms with Crippen LogP contribution in [-0.4, -0.2) is 34.8 Å². The Morgan fingerprint density at radius 3 is 2.67 bits per heavy atom. The maximum absolute atomic E-state index is 13.3. The Kier molecular flexibility index (Phi) is 4.78. The van der Waals surface area contributed by atoms with Crippen LogP contribution in [0.3, 0.4) is 0 Å². The Morgan fingerprint density at radius 1 is 1.25 bits per heavy atom. The van der Waals surface area contributed by atoms with E-state index in [4.69, 9.17) is 9.94 Å². The number of amides is 1. The lowest BCUT2D eigenvalue weighted by Gasteiger charge is -2.27. The standard InChI is InChI=1S/C17H19FN2O4/c18-12-3-1-2-11(8-12)14-9-15(24-20-14)16(21)19-13-6-4-10(5-7-13)17(22)23/h1-3,8,10,13,15H,4-7,9H2,(H,19,21)(H,22,23). The number of carboxylic acids is 1. The van der Waals surface area contributed by atoms with Gasteiger partial charge in [-0.15, -0.1) is 0 Å². The van der Waals surface area contributed by atoms with Crippen molar-refractivity contribution >= 4 is 17.6 Å². The van der Waals surface area contributed by atoms with E-state index in [9.17, 15) is 14.0 Å². The molecule has 24 heavy (non-hydrogen) atoms. The third-order valence-electron chi connectivity index (χ3n) is 4.54. The molecule has 3 rings (SSSR count). The SMILES string of the molecule is O=C(O)C1CCC(NC(=O)C2CC(c3cccc(F)c3)=NO2)CC1. The monoisotopic (exact) mass is 334 g/mol. The fourth-order valence-corrected chi connectivity index (χ4v) is 3.14. The van der Waals surface area contributed by atoms with Crippen molar-refractivity contribution in [3.05, 3.63) is 35.6 Å². The van der Waals surface area contributed by atoms with Crippen LogP contribution in [0.1, 0.15) is 37.7 Å². The van der Waals surface area contributed by atoms with E-state index in [1.165, 1.54) is 12.1 Å². The Balaban J connectivity index is 1.50. The van der Waals surface area contributed by atoms with E-state index in [0.717, 1.165) is 0 Å². The molecule has 1 saturated carbocycles. The first-order valence-electron chi connectivity index (χ1n) is 8.04. The highest BCUT2D eigenvalue weighted by Gasteiger charge is 2.32. The minimum atomic E-state index is -0.771. The van der Waals surface area contributed by atoms with Crippen LogP contribution in [0.4, 0.5) is 4.39 Å². The molecule has 1 heterocycles. The van der Waals surface area contributed by atoms with Gasteiger partial charge in [0.1, 0.15) is 5.82 Å². The van der Waals surface area contributed by atoms with Gasteiger partial charge < -0.3 is 15.3 Å². The number of carbonyl (C=O) groups is 2. The third-order valence-corrected chi connectivity index (χ3v) is 4.54. The topological polar surface area (TPSA) is 88.0 Å². The molecule has 0 saturated heterocycles. The third kappa shape index (κ3) is 3.72. The lowest BCUT2D eigenvalue weighted by Crippen LogP contribution is -2.43. The number of nitrogens with zero attached hydrogens (tertiary/aromatic N) is 1. The molecule has 0 spiro atoms. The number of carbonyl (C=O) groups excluding carboxylic acids is 1. The van der Waals surface area contributed by atoms with Gasteiger partial charge in [0.15, 0.2) is 0 Å². The summed E-state index contributed by atoms with van der Waals surface area (Å²) in [6.45, 7) is 0. The van der Waals surface area contributed by atoms with Gasteiger partial charge in [-0.3, -0.25) is 9.59 Å². The number of hydrogen-bond donors (Lipinski definition) is 2. The predicted molar refractivity (Wildman–Crippen MR) is 84.0 cm³/mol. The molecule has 2 aliphatic rings. The molecule has 2 N–H and O–H groups in total. The molecule has 1 aliphatic carbocycles. The zero-order valence-corrected chi connectivity index (χ0v) is 13.1. The van der Waals surface area contributed by atoms with E-state index in [-0.39, 0.29) is 23.7 Å². The first kappa shape index (κ1) is 16.4. The second kappa shape index (κ2) is 6.98. The minimum absolute atomic E-state index is 0.0325. The molecule has 1 aromatic carbocycles. The van der Waals surface area contributed by atoms with Crippen LogP contribution in [0.5, 0.6) is 0 Å². The Morgan fingerprint density at radius 2 is 2.00 bits per heavy atom. The van der Waals surface area contributed by atoms with Gasteiger partial charge in [0.05, 0.1) is 11.6 Å². The van der Waals surface area contributed by atoms with Crippen molar-refractivity contribution in [2.24, 2.45) is 11.1 Å². The number of hydrogen-bond acceptors (Lipinski definition) is 4. The molecule has 0 radical (unpaired) electrons. The van der Waals surface area contributed by atoms with Crippen LogP contribution in [-0.2, 0) is 14.4 Å². The zero-order valence-electron chi connectivity index (χ0n) is 13.1. The number of benzene rings is 1. The van der Waals surface area contributed by atoms with Crippen molar-refractivity contribution in [2.45, 2.75) is 44.2 Å². The van der Waals surface area contributed by atoms with Crippen molar-refractivity contribution < 1.29 is 23.9 Å². The fraction of sp³-hybridized carbons (Fsp3) is 0.471. The fourth-order valence-electron chi connectivity index (χ4n) is 3.14. The van der Waals surface area contributed by atoms with Gasteiger partial charge >= 0.3 is 5.97 Å². The second-order valence-electron chi connectivity index (χ2n) is 6.24. The van der Waals surface area contributed by atoms with Crippen LogP contribution in [0, 0.1) is 11.7 Å². The number of nitrogens with one attached hydrogen (secondary N) is 1. The molecule has 1 amide bonds. The lowest BCUT2D eigenvalue weighted by molar-refractivity contribution is -0.142. The molecular formula is C17H19FN2O4. The largest absolute Gasteiger partial charge is 0.481 e. The maximum Gasteiger partial charge on any atom is 0.306 e. The molecule has 0 aromatic heterocycles. The van der Waals surface area contributed by atoms with Gasteiger partial charge in [0, 0.05) is 18.0 Å². The van der Waals surface area contributed by atoms with Crippen LogP contribution >= 0.6 is 0 Å². The van der Waals surface area contributed by atoms with E-state index >= 15 is 0 Å². The molecule has 0 bridgehead atoms. The average Bonchev–Trinajstić information content (AvgIpc) is 3.05. The Labute approximate surface area is 138 Å². The van der Waals surface area contributed by atoms with Crippen LogP contribution in [0.25, 0.3) is 0 Å². The smallest absolute Gasteiger partial charge is 0.306 e. The summed E-state index contributed by atoms with van der Waals surface area (Å²) in [7, 11) is 0. The van der Waals surface area contributed by atoms with Crippen molar-refractivity contribution in [1.29, 1.82) is 0 Å².